The van der Waals surface area contributed by atoms with Gasteiger partial charge in [0, 0.05) is 5.39 Å². The molecular weight excluding hydrogens is 426 g/mol. The first-order valence-corrected chi connectivity index (χ1v) is 11.1. The van der Waals surface area contributed by atoms with Crippen LogP contribution in [0.3, 0.4) is 0 Å². The molecule has 6 nitrogen and oxygen atoms in total. The molecule has 0 spiro atoms. The van der Waals surface area contributed by atoms with Gasteiger partial charge in [0.2, 0.25) is 0 Å². The average molecular weight is 450 g/mol. The molecule has 7 heteroatoms. The molecule has 4 rings (SSSR count). The molecule has 3 aromatic rings. The smallest absolute Gasteiger partial charge is 0.293 e. The second-order valence-electron chi connectivity index (χ2n) is 7.00. The molecule has 1 aliphatic rings. The molecule has 0 radical (unpaired) electrons. The predicted molar refractivity (Wildman–Crippen MR) is 126 cm³/mol. The van der Waals surface area contributed by atoms with Crippen molar-refractivity contribution < 1.29 is 23.8 Å². The molecule has 164 valence electrons. The van der Waals surface area contributed by atoms with Gasteiger partial charge in [0.1, 0.15) is 12.4 Å². The number of ether oxygens (including phenoxy) is 3. The molecule has 0 atom stereocenters. The minimum absolute atomic E-state index is 0.179. The van der Waals surface area contributed by atoms with Gasteiger partial charge in [0.25, 0.3) is 11.1 Å². The van der Waals surface area contributed by atoms with E-state index in [-0.39, 0.29) is 24.3 Å². The molecule has 1 heterocycles. The Labute approximate surface area is 190 Å². The normalized spacial score (nSPS) is 14.9. The molecule has 0 aliphatic carbocycles. The fourth-order valence-electron chi connectivity index (χ4n) is 3.46. The van der Waals surface area contributed by atoms with Crippen LogP contribution in [0.1, 0.15) is 12.5 Å². The number of benzene rings is 3. The highest BCUT2D eigenvalue weighted by atomic mass is 32.2. The lowest BCUT2D eigenvalue weighted by molar-refractivity contribution is -0.123. The van der Waals surface area contributed by atoms with Crippen LogP contribution >= 0.6 is 11.8 Å². The Balaban J connectivity index is 1.44. The number of hydrogen-bond donors (Lipinski definition) is 0. The molecule has 1 fully saturated rings. The van der Waals surface area contributed by atoms with Gasteiger partial charge in [-0.3, -0.25) is 14.5 Å². The Morgan fingerprint density at radius 3 is 2.56 bits per heavy atom. The Hall–Kier alpha value is -3.45. The number of nitrogens with zero attached hydrogens (tertiary/aromatic N) is 1. The fourth-order valence-corrected chi connectivity index (χ4v) is 4.33. The highest BCUT2D eigenvalue weighted by molar-refractivity contribution is 8.18. The van der Waals surface area contributed by atoms with Crippen molar-refractivity contribution in [2.45, 2.75) is 6.92 Å². The van der Waals surface area contributed by atoms with E-state index in [1.807, 2.05) is 55.5 Å². The van der Waals surface area contributed by atoms with E-state index in [1.165, 1.54) is 4.90 Å². The van der Waals surface area contributed by atoms with Crippen LogP contribution in [-0.2, 0) is 4.79 Å². The zero-order valence-electron chi connectivity index (χ0n) is 17.9. The SMILES string of the molecule is CCOc1cc(/C=C2\SC(=O)N(CCOc3cccc4ccccc34)C2=O)ccc1OC. The summed E-state index contributed by atoms with van der Waals surface area (Å²) in [6.45, 7) is 2.78. The van der Waals surface area contributed by atoms with E-state index in [4.69, 9.17) is 14.2 Å². The second-order valence-corrected chi connectivity index (χ2v) is 8.00. The van der Waals surface area contributed by atoms with Crippen molar-refractivity contribution in [3.63, 3.8) is 0 Å². The first kappa shape index (κ1) is 21.8. The number of methoxy groups -OCH3 is 1. The third-order valence-corrected chi connectivity index (χ3v) is 5.89. The minimum Gasteiger partial charge on any atom is -0.493 e. The Morgan fingerprint density at radius 1 is 0.938 bits per heavy atom. The van der Waals surface area contributed by atoms with E-state index >= 15 is 0 Å². The van der Waals surface area contributed by atoms with E-state index in [2.05, 4.69) is 0 Å². The van der Waals surface area contributed by atoms with Crippen molar-refractivity contribution in [2.75, 3.05) is 26.9 Å². The maximum atomic E-state index is 12.8. The zero-order chi connectivity index (χ0) is 22.5. The highest BCUT2D eigenvalue weighted by Gasteiger charge is 2.34. The number of imide groups is 1. The zero-order valence-corrected chi connectivity index (χ0v) is 18.7. The van der Waals surface area contributed by atoms with E-state index < -0.39 is 0 Å². The number of hydrogen-bond acceptors (Lipinski definition) is 6. The van der Waals surface area contributed by atoms with Crippen molar-refractivity contribution >= 4 is 39.8 Å². The van der Waals surface area contributed by atoms with Crippen molar-refractivity contribution in [1.82, 2.24) is 4.90 Å². The molecule has 0 saturated carbocycles. The summed E-state index contributed by atoms with van der Waals surface area (Å²) in [6, 6.07) is 19.1. The largest absolute Gasteiger partial charge is 0.493 e. The van der Waals surface area contributed by atoms with Gasteiger partial charge in [0.05, 0.1) is 25.2 Å². The lowest BCUT2D eigenvalue weighted by Crippen LogP contribution is -2.32. The standard InChI is InChI=1S/C25H23NO5S/c1-3-30-22-15-17(11-12-21(22)29-2)16-23-24(27)26(25(28)32-23)13-14-31-20-10-6-8-18-7-4-5-9-19(18)20/h4-12,15-16H,3,13-14H2,1-2H3/b23-16-. The molecule has 0 bridgehead atoms. The van der Waals surface area contributed by atoms with E-state index in [1.54, 1.807) is 25.3 Å². The van der Waals surface area contributed by atoms with Gasteiger partial charge in [-0.25, -0.2) is 0 Å². The number of fused-ring (bicyclic) bond motifs is 1. The fraction of sp³-hybridized carbons (Fsp3) is 0.200. The van der Waals surface area contributed by atoms with Crippen LogP contribution in [-0.4, -0.2) is 42.9 Å². The Bertz CT molecular complexity index is 1180. The third kappa shape index (κ3) is 4.57. The lowest BCUT2D eigenvalue weighted by atomic mass is 10.1. The van der Waals surface area contributed by atoms with Gasteiger partial charge in [-0.15, -0.1) is 0 Å². The lowest BCUT2D eigenvalue weighted by Gasteiger charge is -2.14. The van der Waals surface area contributed by atoms with Gasteiger partial charge >= 0.3 is 0 Å². The summed E-state index contributed by atoms with van der Waals surface area (Å²) in [5.41, 5.74) is 0.756. The van der Waals surface area contributed by atoms with Crippen LogP contribution < -0.4 is 14.2 Å². The number of amides is 2. The van der Waals surface area contributed by atoms with E-state index in [9.17, 15) is 9.59 Å². The van der Waals surface area contributed by atoms with Crippen molar-refractivity contribution in [3.8, 4) is 17.2 Å². The monoisotopic (exact) mass is 449 g/mol. The Kier molecular flexibility index (Phi) is 6.66. The molecule has 0 aromatic heterocycles. The Morgan fingerprint density at radius 2 is 1.75 bits per heavy atom. The maximum Gasteiger partial charge on any atom is 0.293 e. The first-order valence-electron chi connectivity index (χ1n) is 10.3. The predicted octanol–water partition coefficient (Wildman–Crippen LogP) is 5.36. The van der Waals surface area contributed by atoms with Crippen molar-refractivity contribution in [1.29, 1.82) is 0 Å². The van der Waals surface area contributed by atoms with Crippen molar-refractivity contribution in [2.24, 2.45) is 0 Å². The van der Waals surface area contributed by atoms with Gasteiger partial charge < -0.3 is 14.2 Å². The summed E-state index contributed by atoms with van der Waals surface area (Å²) in [5.74, 6) is 1.61. The van der Waals surface area contributed by atoms with Crippen LogP contribution in [0.15, 0.2) is 65.6 Å². The molecule has 0 unspecified atom stereocenters. The quantitative estimate of drug-likeness (QED) is 0.431. The number of thioether (sulfide) groups is 1. The summed E-state index contributed by atoms with van der Waals surface area (Å²) in [7, 11) is 1.57. The van der Waals surface area contributed by atoms with Crippen molar-refractivity contribution in [3.05, 3.63) is 71.1 Å². The molecular formula is C25H23NO5S. The second kappa shape index (κ2) is 9.78. The molecule has 3 aromatic carbocycles. The molecule has 1 aliphatic heterocycles. The van der Waals surface area contributed by atoms with Crippen LogP contribution in [0.2, 0.25) is 0 Å². The van der Waals surface area contributed by atoms with Gasteiger partial charge in [-0.1, -0.05) is 42.5 Å². The minimum atomic E-state index is -0.324. The number of carbonyl (C=O) groups excluding carboxylic acids is 2. The van der Waals surface area contributed by atoms with Gasteiger partial charge in [0.15, 0.2) is 11.5 Å². The van der Waals surface area contributed by atoms with Crippen LogP contribution in [0.5, 0.6) is 17.2 Å². The number of carbonyl (C=O) groups is 2. The molecule has 1 saturated heterocycles. The van der Waals surface area contributed by atoms with Crippen LogP contribution in [0, 0.1) is 0 Å². The maximum absolute atomic E-state index is 12.8. The van der Waals surface area contributed by atoms with E-state index in [0.29, 0.717) is 23.0 Å². The van der Waals surface area contributed by atoms with E-state index in [0.717, 1.165) is 33.8 Å². The number of rotatable bonds is 8. The summed E-state index contributed by atoms with van der Waals surface area (Å²) in [5, 5.41) is 1.76. The van der Waals surface area contributed by atoms with Gasteiger partial charge in [-0.2, -0.15) is 0 Å². The summed E-state index contributed by atoms with van der Waals surface area (Å²) in [4.78, 5) is 26.8. The summed E-state index contributed by atoms with van der Waals surface area (Å²) >= 11 is 0.926. The molecule has 0 N–H and O–H groups in total. The van der Waals surface area contributed by atoms with Crippen LogP contribution in [0.25, 0.3) is 16.8 Å². The molecule has 32 heavy (non-hydrogen) atoms. The van der Waals surface area contributed by atoms with Crippen LogP contribution in [0.4, 0.5) is 4.79 Å². The third-order valence-electron chi connectivity index (χ3n) is 4.98. The highest BCUT2D eigenvalue weighted by Crippen LogP contribution is 2.34. The van der Waals surface area contributed by atoms with Gasteiger partial charge in [-0.05, 0) is 53.9 Å². The summed E-state index contributed by atoms with van der Waals surface area (Å²) < 4.78 is 16.8. The first-order chi connectivity index (χ1) is 15.6. The molecule has 2 amide bonds. The topological polar surface area (TPSA) is 65.1 Å². The summed E-state index contributed by atoms with van der Waals surface area (Å²) in [6.07, 6.45) is 1.69. The average Bonchev–Trinajstić information content (AvgIpc) is 3.07.